The zero-order valence-corrected chi connectivity index (χ0v) is 19.4. The van der Waals surface area contributed by atoms with Crippen LogP contribution >= 0.6 is 0 Å². The van der Waals surface area contributed by atoms with E-state index in [1.807, 2.05) is 18.2 Å². The number of ketones is 1. The van der Waals surface area contributed by atoms with Gasteiger partial charge < -0.3 is 24.3 Å². The van der Waals surface area contributed by atoms with Crippen molar-refractivity contribution in [1.82, 2.24) is 5.32 Å². The first kappa shape index (κ1) is 23.1. The number of methoxy groups -OCH3 is 2. The lowest BCUT2D eigenvalue weighted by Crippen LogP contribution is -2.29. The summed E-state index contributed by atoms with van der Waals surface area (Å²) in [5.74, 6) is -1.18. The summed E-state index contributed by atoms with van der Waals surface area (Å²) < 4.78 is 21.0. The Morgan fingerprint density at radius 3 is 2.44 bits per heavy atom. The van der Waals surface area contributed by atoms with Crippen LogP contribution in [-0.2, 0) is 19.1 Å². The van der Waals surface area contributed by atoms with Crippen LogP contribution < -0.4 is 14.8 Å². The number of hydrogen-bond donors (Lipinski definition) is 1. The van der Waals surface area contributed by atoms with Crippen molar-refractivity contribution < 1.29 is 33.3 Å². The van der Waals surface area contributed by atoms with Gasteiger partial charge >= 0.3 is 11.9 Å². The fourth-order valence-electron chi connectivity index (χ4n) is 4.37. The molecule has 34 heavy (non-hydrogen) atoms. The maximum Gasteiger partial charge on any atom is 0.344 e. The molecule has 0 saturated carbocycles. The van der Waals surface area contributed by atoms with E-state index in [2.05, 4.69) is 5.32 Å². The average molecular weight is 463 g/mol. The minimum atomic E-state index is -0.684. The van der Waals surface area contributed by atoms with Gasteiger partial charge in [-0.3, -0.25) is 4.79 Å². The fourth-order valence-corrected chi connectivity index (χ4v) is 4.37. The first-order valence-electron chi connectivity index (χ1n) is 10.8. The highest BCUT2D eigenvalue weighted by molar-refractivity contribution is 6.23. The van der Waals surface area contributed by atoms with Crippen molar-refractivity contribution in [3.05, 3.63) is 76.0 Å². The van der Waals surface area contributed by atoms with E-state index in [-0.39, 0.29) is 19.0 Å². The number of esters is 2. The summed E-state index contributed by atoms with van der Waals surface area (Å²) in [6.07, 6.45) is 0. The van der Waals surface area contributed by atoms with Crippen LogP contribution in [0.4, 0.5) is 0 Å². The molecular formula is C26H25NO7. The number of fused-ring (bicyclic) bond motifs is 2. The maximum absolute atomic E-state index is 13.5. The van der Waals surface area contributed by atoms with Gasteiger partial charge in [0.2, 0.25) is 0 Å². The molecule has 1 N–H and O–H groups in total. The second-order valence-electron chi connectivity index (χ2n) is 7.76. The predicted octanol–water partition coefficient (Wildman–Crippen LogP) is 3.38. The van der Waals surface area contributed by atoms with Gasteiger partial charge in [0.25, 0.3) is 0 Å². The number of allylic oxidation sites excluding steroid dienone is 2. The number of carbonyl (C=O) groups is 3. The Labute approximate surface area is 197 Å². The molecule has 1 heterocycles. The van der Waals surface area contributed by atoms with E-state index in [1.165, 1.54) is 14.2 Å². The van der Waals surface area contributed by atoms with Gasteiger partial charge in [0.05, 0.1) is 32.1 Å². The van der Waals surface area contributed by atoms with Crippen molar-refractivity contribution in [2.75, 3.05) is 27.4 Å². The van der Waals surface area contributed by atoms with E-state index >= 15 is 0 Å². The molecule has 1 atom stereocenters. The third-order valence-corrected chi connectivity index (χ3v) is 5.83. The Morgan fingerprint density at radius 1 is 1.03 bits per heavy atom. The van der Waals surface area contributed by atoms with Crippen molar-refractivity contribution >= 4 is 23.4 Å². The number of ether oxygens (including phenoxy) is 4. The summed E-state index contributed by atoms with van der Waals surface area (Å²) in [6, 6.07) is 12.4. The van der Waals surface area contributed by atoms with Crippen LogP contribution in [0.5, 0.6) is 11.5 Å². The molecule has 2 aliphatic rings. The van der Waals surface area contributed by atoms with E-state index in [0.717, 1.165) is 5.56 Å². The molecule has 0 aromatic heterocycles. The lowest BCUT2D eigenvalue weighted by Gasteiger charge is -2.29. The summed E-state index contributed by atoms with van der Waals surface area (Å²) in [6.45, 7) is 3.48. The Kier molecular flexibility index (Phi) is 6.40. The largest absolute Gasteiger partial charge is 0.493 e. The second kappa shape index (κ2) is 9.43. The van der Waals surface area contributed by atoms with Gasteiger partial charge in [0, 0.05) is 28.3 Å². The minimum absolute atomic E-state index is 0.154. The fraction of sp³-hybridized carbons (Fsp3) is 0.269. The first-order chi connectivity index (χ1) is 16.4. The topological polar surface area (TPSA) is 100 Å². The number of carbonyl (C=O) groups excluding carboxylic acids is 3. The van der Waals surface area contributed by atoms with Gasteiger partial charge in [0.15, 0.2) is 23.9 Å². The highest BCUT2D eigenvalue weighted by Gasteiger charge is 2.43. The smallest absolute Gasteiger partial charge is 0.344 e. The number of benzene rings is 2. The van der Waals surface area contributed by atoms with E-state index in [9.17, 15) is 14.4 Å². The predicted molar refractivity (Wildman–Crippen MR) is 123 cm³/mol. The summed E-state index contributed by atoms with van der Waals surface area (Å²) in [7, 11) is 2.78. The molecule has 0 bridgehead atoms. The van der Waals surface area contributed by atoms with Crippen molar-refractivity contribution in [3.63, 3.8) is 0 Å². The van der Waals surface area contributed by atoms with Crippen LogP contribution in [0.25, 0.3) is 5.70 Å². The van der Waals surface area contributed by atoms with Crippen LogP contribution in [0.3, 0.4) is 0 Å². The molecule has 0 amide bonds. The minimum Gasteiger partial charge on any atom is -0.493 e. The normalized spacial score (nSPS) is 16.5. The summed E-state index contributed by atoms with van der Waals surface area (Å²) >= 11 is 0. The summed E-state index contributed by atoms with van der Waals surface area (Å²) in [5, 5.41) is 3.24. The highest BCUT2D eigenvalue weighted by Crippen LogP contribution is 2.47. The molecule has 0 radical (unpaired) electrons. The van der Waals surface area contributed by atoms with Gasteiger partial charge in [-0.15, -0.1) is 0 Å². The third kappa shape index (κ3) is 3.91. The second-order valence-corrected chi connectivity index (χ2v) is 7.76. The van der Waals surface area contributed by atoms with Crippen molar-refractivity contribution in [1.29, 1.82) is 0 Å². The van der Waals surface area contributed by atoms with Crippen molar-refractivity contribution in [2.24, 2.45) is 0 Å². The van der Waals surface area contributed by atoms with E-state index in [1.54, 1.807) is 38.1 Å². The zero-order valence-electron chi connectivity index (χ0n) is 19.4. The molecule has 4 rings (SSSR count). The molecule has 0 saturated heterocycles. The standard InChI is InChI=1S/C26H25NO7/c1-5-33-20(28)13-34-18-11-10-15(12-19(18)31-3)22-21(26(30)32-4)14(2)27-24-16-8-6-7-9-17(16)25(29)23(22)24/h6-12,22,27H,5,13H2,1-4H3/t22-/m1/s1. The molecule has 2 aromatic rings. The molecule has 2 aromatic carbocycles. The molecule has 1 aliphatic heterocycles. The van der Waals surface area contributed by atoms with Gasteiger partial charge in [0.1, 0.15) is 0 Å². The highest BCUT2D eigenvalue weighted by atomic mass is 16.6. The van der Waals surface area contributed by atoms with E-state index in [0.29, 0.717) is 45.2 Å². The van der Waals surface area contributed by atoms with Crippen LogP contribution in [-0.4, -0.2) is 45.2 Å². The molecule has 0 spiro atoms. The molecule has 8 nitrogen and oxygen atoms in total. The molecule has 176 valence electrons. The number of dihydropyridines is 1. The third-order valence-electron chi connectivity index (χ3n) is 5.83. The molecule has 1 aliphatic carbocycles. The Hall–Kier alpha value is -4.07. The van der Waals surface area contributed by atoms with E-state index in [4.69, 9.17) is 18.9 Å². The van der Waals surface area contributed by atoms with Gasteiger partial charge in [-0.2, -0.15) is 0 Å². The molecular weight excluding hydrogens is 438 g/mol. The van der Waals surface area contributed by atoms with Crippen molar-refractivity contribution in [2.45, 2.75) is 19.8 Å². The SMILES string of the molecule is CCOC(=O)COc1ccc([C@@H]2C(C(=O)OC)=C(C)NC3=C2C(=O)c2ccccc23)cc1OC. The van der Waals surface area contributed by atoms with Gasteiger partial charge in [-0.1, -0.05) is 30.3 Å². The lowest BCUT2D eigenvalue weighted by molar-refractivity contribution is -0.145. The van der Waals surface area contributed by atoms with Gasteiger partial charge in [-0.25, -0.2) is 9.59 Å². The number of hydrogen-bond acceptors (Lipinski definition) is 8. The van der Waals surface area contributed by atoms with E-state index < -0.39 is 17.9 Å². The van der Waals surface area contributed by atoms with Crippen LogP contribution in [0.2, 0.25) is 0 Å². The van der Waals surface area contributed by atoms with Crippen LogP contribution in [0.1, 0.15) is 41.3 Å². The lowest BCUT2D eigenvalue weighted by atomic mass is 9.79. The molecule has 0 unspecified atom stereocenters. The van der Waals surface area contributed by atoms with Gasteiger partial charge in [-0.05, 0) is 31.5 Å². The zero-order chi connectivity index (χ0) is 24.4. The summed E-state index contributed by atoms with van der Waals surface area (Å²) in [4.78, 5) is 38.0. The van der Waals surface area contributed by atoms with Crippen molar-refractivity contribution in [3.8, 4) is 11.5 Å². The average Bonchev–Trinajstić information content (AvgIpc) is 3.13. The quantitative estimate of drug-likeness (QED) is 0.624. The number of nitrogens with one attached hydrogen (secondary N) is 1. The Bertz CT molecular complexity index is 1240. The molecule has 0 fully saturated rings. The van der Waals surface area contributed by atoms with Crippen LogP contribution in [0, 0.1) is 0 Å². The number of Topliss-reactive ketones (excluding diaryl/α,β-unsaturated/α-hetero) is 1. The molecule has 8 heteroatoms. The summed E-state index contributed by atoms with van der Waals surface area (Å²) in [5.41, 5.74) is 4.09. The van der Waals surface area contributed by atoms with Crippen LogP contribution in [0.15, 0.2) is 59.3 Å². The number of rotatable bonds is 7. The maximum atomic E-state index is 13.5. The Balaban J connectivity index is 1.79. The monoisotopic (exact) mass is 463 g/mol. The first-order valence-corrected chi connectivity index (χ1v) is 10.8. The Morgan fingerprint density at radius 2 is 1.76 bits per heavy atom.